The second-order valence-electron chi connectivity index (χ2n) is 7.61. The SMILES string of the molecule is CCN(CC)S(=O)(=O)c1cc(Cl)ccc1OCC(=O)N1CCN(Cc2ccccc2)CC1. The highest BCUT2D eigenvalue weighted by molar-refractivity contribution is 7.89. The summed E-state index contributed by atoms with van der Waals surface area (Å²) in [7, 11) is -3.77. The number of benzene rings is 2. The number of rotatable bonds is 9. The molecule has 0 N–H and O–H groups in total. The fourth-order valence-electron chi connectivity index (χ4n) is 3.73. The number of carbonyl (C=O) groups excluding carboxylic acids is 1. The van der Waals surface area contributed by atoms with Crippen LogP contribution in [0.1, 0.15) is 19.4 Å². The normalized spacial score (nSPS) is 15.2. The first kappa shape index (κ1) is 24.5. The van der Waals surface area contributed by atoms with Gasteiger partial charge < -0.3 is 9.64 Å². The molecular formula is C23H30ClN3O4S. The quantitative estimate of drug-likeness (QED) is 0.552. The van der Waals surface area contributed by atoms with Gasteiger partial charge in [-0.05, 0) is 23.8 Å². The monoisotopic (exact) mass is 479 g/mol. The molecule has 1 fully saturated rings. The van der Waals surface area contributed by atoms with Gasteiger partial charge in [-0.2, -0.15) is 4.31 Å². The van der Waals surface area contributed by atoms with E-state index in [-0.39, 0.29) is 23.2 Å². The third-order valence-corrected chi connectivity index (χ3v) is 7.86. The van der Waals surface area contributed by atoms with Crippen LogP contribution in [0, 0.1) is 0 Å². The van der Waals surface area contributed by atoms with Gasteiger partial charge >= 0.3 is 0 Å². The number of ether oxygens (including phenoxy) is 1. The summed E-state index contributed by atoms with van der Waals surface area (Å²) in [6.45, 7) is 7.62. The summed E-state index contributed by atoms with van der Waals surface area (Å²) in [6, 6.07) is 14.7. The number of nitrogens with zero attached hydrogens (tertiary/aromatic N) is 3. The maximum absolute atomic E-state index is 13.0. The molecule has 1 aliphatic rings. The van der Waals surface area contributed by atoms with E-state index in [1.807, 2.05) is 18.2 Å². The molecule has 0 bridgehead atoms. The van der Waals surface area contributed by atoms with E-state index in [0.717, 1.165) is 19.6 Å². The van der Waals surface area contributed by atoms with Gasteiger partial charge in [0.25, 0.3) is 5.91 Å². The molecule has 0 spiro atoms. The van der Waals surface area contributed by atoms with Gasteiger partial charge in [0.1, 0.15) is 10.6 Å². The molecule has 7 nitrogen and oxygen atoms in total. The van der Waals surface area contributed by atoms with Crippen molar-refractivity contribution in [3.05, 3.63) is 59.1 Å². The molecule has 0 radical (unpaired) electrons. The van der Waals surface area contributed by atoms with Crippen LogP contribution in [0.25, 0.3) is 0 Å². The number of hydrogen-bond acceptors (Lipinski definition) is 5. The van der Waals surface area contributed by atoms with E-state index in [1.165, 1.54) is 22.0 Å². The van der Waals surface area contributed by atoms with Crippen molar-refractivity contribution in [2.45, 2.75) is 25.3 Å². The maximum atomic E-state index is 13.0. The summed E-state index contributed by atoms with van der Waals surface area (Å²) in [5.74, 6) is -0.0251. The molecule has 0 aromatic heterocycles. The molecule has 0 saturated carbocycles. The standard InChI is InChI=1S/C23H30ClN3O4S/c1-3-27(4-2)32(29,30)22-16-20(24)10-11-21(22)31-18-23(28)26-14-12-25(13-15-26)17-19-8-6-5-7-9-19/h5-11,16H,3-4,12-15,17-18H2,1-2H3. The van der Waals surface area contributed by atoms with Gasteiger partial charge in [0, 0.05) is 50.8 Å². The van der Waals surface area contributed by atoms with Crippen LogP contribution < -0.4 is 4.74 Å². The zero-order valence-electron chi connectivity index (χ0n) is 18.5. The molecule has 2 aromatic rings. The van der Waals surface area contributed by atoms with Gasteiger partial charge in [-0.3, -0.25) is 9.69 Å². The topological polar surface area (TPSA) is 70.2 Å². The van der Waals surface area contributed by atoms with Crippen LogP contribution in [-0.4, -0.2) is 74.3 Å². The van der Waals surface area contributed by atoms with Gasteiger partial charge in [-0.15, -0.1) is 0 Å². The largest absolute Gasteiger partial charge is 0.482 e. The summed E-state index contributed by atoms with van der Waals surface area (Å²) < 4.78 is 33.0. The number of piperazine rings is 1. The van der Waals surface area contributed by atoms with E-state index in [4.69, 9.17) is 16.3 Å². The fraction of sp³-hybridized carbons (Fsp3) is 0.435. The highest BCUT2D eigenvalue weighted by Gasteiger charge is 2.27. The predicted molar refractivity (Wildman–Crippen MR) is 125 cm³/mol. The number of carbonyl (C=O) groups is 1. The molecule has 1 saturated heterocycles. The van der Waals surface area contributed by atoms with Crippen LogP contribution in [0.4, 0.5) is 0 Å². The molecule has 0 atom stereocenters. The van der Waals surface area contributed by atoms with Gasteiger partial charge in [-0.25, -0.2) is 8.42 Å². The molecule has 174 valence electrons. The minimum Gasteiger partial charge on any atom is -0.482 e. The van der Waals surface area contributed by atoms with E-state index >= 15 is 0 Å². The smallest absolute Gasteiger partial charge is 0.260 e. The van der Waals surface area contributed by atoms with E-state index in [0.29, 0.717) is 31.2 Å². The Kier molecular flexibility index (Phi) is 8.53. The van der Waals surface area contributed by atoms with Crippen molar-refractivity contribution < 1.29 is 17.9 Å². The average molecular weight is 480 g/mol. The van der Waals surface area contributed by atoms with Crippen LogP contribution >= 0.6 is 11.6 Å². The van der Waals surface area contributed by atoms with Crippen molar-refractivity contribution >= 4 is 27.5 Å². The van der Waals surface area contributed by atoms with Crippen LogP contribution in [0.3, 0.4) is 0 Å². The Morgan fingerprint density at radius 1 is 1.03 bits per heavy atom. The lowest BCUT2D eigenvalue weighted by Crippen LogP contribution is -2.49. The number of amides is 1. The second kappa shape index (κ2) is 11.1. The number of sulfonamides is 1. The zero-order valence-corrected chi connectivity index (χ0v) is 20.1. The second-order valence-corrected chi connectivity index (χ2v) is 9.95. The van der Waals surface area contributed by atoms with Crippen LogP contribution in [-0.2, 0) is 21.4 Å². The maximum Gasteiger partial charge on any atom is 0.260 e. The van der Waals surface area contributed by atoms with Crippen molar-refractivity contribution in [1.29, 1.82) is 0 Å². The summed E-state index contributed by atoms with van der Waals surface area (Å²) in [4.78, 5) is 16.8. The lowest BCUT2D eigenvalue weighted by molar-refractivity contribution is -0.135. The highest BCUT2D eigenvalue weighted by Crippen LogP contribution is 2.30. The zero-order chi connectivity index (χ0) is 23.1. The van der Waals surface area contributed by atoms with Gasteiger partial charge in [0.15, 0.2) is 6.61 Å². The van der Waals surface area contributed by atoms with E-state index in [1.54, 1.807) is 24.8 Å². The molecule has 1 aliphatic heterocycles. The van der Waals surface area contributed by atoms with Crippen LogP contribution in [0.2, 0.25) is 5.02 Å². The average Bonchev–Trinajstić information content (AvgIpc) is 2.80. The molecule has 0 unspecified atom stereocenters. The van der Waals surface area contributed by atoms with Gasteiger partial charge in [0.05, 0.1) is 0 Å². The van der Waals surface area contributed by atoms with E-state index < -0.39 is 10.0 Å². The first-order valence-electron chi connectivity index (χ1n) is 10.8. The van der Waals surface area contributed by atoms with Crippen molar-refractivity contribution in [2.24, 2.45) is 0 Å². The molecule has 1 amide bonds. The molecule has 1 heterocycles. The first-order valence-corrected chi connectivity index (χ1v) is 12.6. The Balaban J connectivity index is 1.60. The lowest BCUT2D eigenvalue weighted by Gasteiger charge is -2.34. The molecule has 3 rings (SSSR count). The third-order valence-electron chi connectivity index (χ3n) is 5.55. The highest BCUT2D eigenvalue weighted by atomic mass is 35.5. The number of halogens is 1. The van der Waals surface area contributed by atoms with Gasteiger partial charge in [-0.1, -0.05) is 55.8 Å². The lowest BCUT2D eigenvalue weighted by atomic mass is 10.2. The predicted octanol–water partition coefficient (Wildman–Crippen LogP) is 3.09. The minimum atomic E-state index is -3.77. The summed E-state index contributed by atoms with van der Waals surface area (Å²) in [5, 5.41) is 0.295. The molecular weight excluding hydrogens is 450 g/mol. The van der Waals surface area contributed by atoms with Crippen molar-refractivity contribution in [3.63, 3.8) is 0 Å². The summed E-state index contributed by atoms with van der Waals surface area (Å²) in [6.07, 6.45) is 0. The summed E-state index contributed by atoms with van der Waals surface area (Å²) in [5.41, 5.74) is 1.25. The molecule has 32 heavy (non-hydrogen) atoms. The third kappa shape index (κ3) is 6.01. The van der Waals surface area contributed by atoms with Gasteiger partial charge in [0.2, 0.25) is 10.0 Å². The molecule has 2 aromatic carbocycles. The van der Waals surface area contributed by atoms with Crippen molar-refractivity contribution in [1.82, 2.24) is 14.1 Å². The Labute approximate surface area is 195 Å². The number of hydrogen-bond donors (Lipinski definition) is 0. The fourth-order valence-corrected chi connectivity index (χ4v) is 5.59. The Bertz CT molecular complexity index is 1010. The molecule has 9 heteroatoms. The first-order chi connectivity index (χ1) is 15.3. The van der Waals surface area contributed by atoms with Crippen LogP contribution in [0.15, 0.2) is 53.4 Å². The van der Waals surface area contributed by atoms with E-state index in [9.17, 15) is 13.2 Å². The molecule has 0 aliphatic carbocycles. The summed E-state index contributed by atoms with van der Waals surface area (Å²) >= 11 is 6.05. The Morgan fingerprint density at radius 2 is 1.69 bits per heavy atom. The van der Waals surface area contributed by atoms with E-state index in [2.05, 4.69) is 17.0 Å². The van der Waals surface area contributed by atoms with Crippen LogP contribution in [0.5, 0.6) is 5.75 Å². The van der Waals surface area contributed by atoms with Crippen molar-refractivity contribution in [2.75, 3.05) is 45.9 Å². The Hall–Kier alpha value is -2.13. The minimum absolute atomic E-state index is 0.0193. The Morgan fingerprint density at radius 3 is 2.31 bits per heavy atom. The van der Waals surface area contributed by atoms with Crippen molar-refractivity contribution in [3.8, 4) is 5.75 Å².